The molecule has 0 aliphatic heterocycles. The molecule has 0 unspecified atom stereocenters. The maximum atomic E-state index is 13.3. The Balaban J connectivity index is 2.01. The van der Waals surface area contributed by atoms with E-state index in [-0.39, 0.29) is 11.7 Å². The van der Waals surface area contributed by atoms with Gasteiger partial charge in [-0.25, -0.2) is 4.39 Å². The van der Waals surface area contributed by atoms with Gasteiger partial charge in [0.2, 0.25) is 5.91 Å². The first-order valence-electron chi connectivity index (χ1n) is 5.80. The average molecular weight is 256 g/mol. The van der Waals surface area contributed by atoms with Crippen molar-refractivity contribution in [2.75, 3.05) is 5.32 Å². The van der Waals surface area contributed by atoms with E-state index >= 15 is 0 Å². The van der Waals surface area contributed by atoms with Gasteiger partial charge in [0.05, 0.1) is 0 Å². The van der Waals surface area contributed by atoms with Crippen molar-refractivity contribution < 1.29 is 9.18 Å². The van der Waals surface area contributed by atoms with Crippen LogP contribution in [0.15, 0.2) is 48.8 Å². The molecule has 19 heavy (non-hydrogen) atoms. The van der Waals surface area contributed by atoms with Crippen molar-refractivity contribution >= 4 is 17.7 Å². The number of hydrogen-bond acceptors (Lipinski definition) is 2. The van der Waals surface area contributed by atoms with Gasteiger partial charge in [-0.3, -0.25) is 9.78 Å². The van der Waals surface area contributed by atoms with Crippen LogP contribution in [-0.4, -0.2) is 10.9 Å². The van der Waals surface area contributed by atoms with Crippen molar-refractivity contribution in [3.8, 4) is 0 Å². The minimum atomic E-state index is -0.337. The number of pyridine rings is 1. The molecule has 0 aliphatic carbocycles. The van der Waals surface area contributed by atoms with E-state index in [1.807, 2.05) is 0 Å². The number of nitrogens with one attached hydrogen (secondary N) is 1. The molecular formula is C15H13FN2O. The second-order valence-corrected chi connectivity index (χ2v) is 4.07. The predicted molar refractivity (Wildman–Crippen MR) is 73.0 cm³/mol. The second-order valence-electron chi connectivity index (χ2n) is 4.07. The molecule has 4 heteroatoms. The third-order valence-electron chi connectivity index (χ3n) is 2.57. The van der Waals surface area contributed by atoms with Crippen LogP contribution >= 0.6 is 0 Å². The molecule has 1 aromatic heterocycles. The third-order valence-corrected chi connectivity index (χ3v) is 2.57. The Kier molecular flexibility index (Phi) is 4.03. The number of benzene rings is 1. The predicted octanol–water partition coefficient (Wildman–Crippen LogP) is 3.18. The Morgan fingerprint density at radius 1 is 1.26 bits per heavy atom. The number of carbonyl (C=O) groups is 1. The quantitative estimate of drug-likeness (QED) is 0.857. The molecule has 0 atom stereocenters. The summed E-state index contributed by atoms with van der Waals surface area (Å²) in [5.74, 6) is -0.643. The molecule has 2 rings (SSSR count). The molecule has 1 aromatic carbocycles. The number of hydrogen-bond donors (Lipinski definition) is 1. The Labute approximate surface area is 110 Å². The van der Waals surface area contributed by atoms with E-state index in [4.69, 9.17) is 0 Å². The van der Waals surface area contributed by atoms with Gasteiger partial charge >= 0.3 is 0 Å². The summed E-state index contributed by atoms with van der Waals surface area (Å²) < 4.78 is 13.3. The van der Waals surface area contributed by atoms with Crippen molar-refractivity contribution in [1.82, 2.24) is 4.98 Å². The number of carbonyl (C=O) groups excluding carboxylic acids is 1. The van der Waals surface area contributed by atoms with Crippen LogP contribution in [-0.2, 0) is 4.79 Å². The standard InChI is InChI=1S/C15H13FN2O/c1-11-2-4-13(10-14(11)16)18-15(19)5-3-12-6-8-17-9-7-12/h2-10H,1H3,(H,18,19)/b5-3+. The van der Waals surface area contributed by atoms with Crippen molar-refractivity contribution in [3.05, 3.63) is 65.7 Å². The van der Waals surface area contributed by atoms with E-state index in [9.17, 15) is 9.18 Å². The SMILES string of the molecule is Cc1ccc(NC(=O)/C=C/c2ccncc2)cc1F. The van der Waals surface area contributed by atoms with Crippen LogP contribution in [0.3, 0.4) is 0 Å². The fourth-order valence-electron chi connectivity index (χ4n) is 1.50. The smallest absolute Gasteiger partial charge is 0.248 e. The largest absolute Gasteiger partial charge is 0.322 e. The lowest BCUT2D eigenvalue weighted by atomic mass is 10.2. The van der Waals surface area contributed by atoms with Gasteiger partial charge in [0, 0.05) is 24.2 Å². The number of amides is 1. The zero-order valence-electron chi connectivity index (χ0n) is 10.4. The van der Waals surface area contributed by atoms with E-state index in [0.29, 0.717) is 11.3 Å². The van der Waals surface area contributed by atoms with Gasteiger partial charge < -0.3 is 5.32 Å². The Morgan fingerprint density at radius 3 is 2.68 bits per heavy atom. The van der Waals surface area contributed by atoms with Gasteiger partial charge in [0.1, 0.15) is 5.82 Å². The van der Waals surface area contributed by atoms with Crippen LogP contribution in [0.1, 0.15) is 11.1 Å². The summed E-state index contributed by atoms with van der Waals surface area (Å²) in [4.78, 5) is 15.5. The van der Waals surface area contributed by atoms with E-state index in [1.165, 1.54) is 12.1 Å². The number of nitrogens with zero attached hydrogens (tertiary/aromatic N) is 1. The van der Waals surface area contributed by atoms with Crippen LogP contribution in [0.25, 0.3) is 6.08 Å². The Hall–Kier alpha value is -2.49. The molecule has 0 saturated heterocycles. The van der Waals surface area contributed by atoms with Crippen LogP contribution < -0.4 is 5.32 Å². The van der Waals surface area contributed by atoms with Crippen molar-refractivity contribution in [1.29, 1.82) is 0 Å². The number of rotatable bonds is 3. The van der Waals surface area contributed by atoms with Crippen LogP contribution in [0.4, 0.5) is 10.1 Å². The molecule has 2 aromatic rings. The number of anilines is 1. The molecule has 0 fully saturated rings. The van der Waals surface area contributed by atoms with Gasteiger partial charge in [-0.15, -0.1) is 0 Å². The number of halogens is 1. The highest BCUT2D eigenvalue weighted by Crippen LogP contribution is 2.13. The van der Waals surface area contributed by atoms with E-state index in [1.54, 1.807) is 49.7 Å². The Morgan fingerprint density at radius 2 is 2.00 bits per heavy atom. The lowest BCUT2D eigenvalue weighted by molar-refractivity contribution is -0.111. The first-order valence-corrected chi connectivity index (χ1v) is 5.80. The summed E-state index contributed by atoms with van der Waals surface area (Å²) in [6.45, 7) is 1.67. The summed E-state index contributed by atoms with van der Waals surface area (Å²) in [5, 5.41) is 2.60. The third kappa shape index (κ3) is 3.74. The zero-order chi connectivity index (χ0) is 13.7. The molecule has 1 amide bonds. The van der Waals surface area contributed by atoms with Gasteiger partial charge in [0.25, 0.3) is 0 Å². The second kappa shape index (κ2) is 5.91. The summed E-state index contributed by atoms with van der Waals surface area (Å²) in [6.07, 6.45) is 6.36. The van der Waals surface area contributed by atoms with E-state index in [2.05, 4.69) is 10.3 Å². The monoisotopic (exact) mass is 256 g/mol. The first-order chi connectivity index (χ1) is 9.15. The minimum absolute atomic E-state index is 0.305. The maximum Gasteiger partial charge on any atom is 0.248 e. The number of aromatic nitrogens is 1. The molecule has 0 aliphatic rings. The summed E-state index contributed by atoms with van der Waals surface area (Å²) in [5.41, 5.74) is 1.86. The Bertz CT molecular complexity index is 609. The molecule has 0 radical (unpaired) electrons. The summed E-state index contributed by atoms with van der Waals surface area (Å²) in [6, 6.07) is 8.16. The molecule has 0 bridgehead atoms. The molecule has 0 saturated carbocycles. The van der Waals surface area contributed by atoms with E-state index in [0.717, 1.165) is 5.56 Å². The molecule has 0 spiro atoms. The van der Waals surface area contributed by atoms with Crippen LogP contribution in [0, 0.1) is 12.7 Å². The van der Waals surface area contributed by atoms with Gasteiger partial charge in [-0.1, -0.05) is 6.07 Å². The minimum Gasteiger partial charge on any atom is -0.322 e. The highest BCUT2D eigenvalue weighted by molar-refractivity contribution is 6.01. The first kappa shape index (κ1) is 13.0. The topological polar surface area (TPSA) is 42.0 Å². The van der Waals surface area contributed by atoms with Crippen LogP contribution in [0.5, 0.6) is 0 Å². The maximum absolute atomic E-state index is 13.3. The highest BCUT2D eigenvalue weighted by atomic mass is 19.1. The van der Waals surface area contributed by atoms with Crippen molar-refractivity contribution in [2.24, 2.45) is 0 Å². The normalized spacial score (nSPS) is 10.6. The highest BCUT2D eigenvalue weighted by Gasteiger charge is 2.01. The van der Waals surface area contributed by atoms with Crippen molar-refractivity contribution in [2.45, 2.75) is 6.92 Å². The lowest BCUT2D eigenvalue weighted by Crippen LogP contribution is -2.08. The average Bonchev–Trinajstić information content (AvgIpc) is 2.42. The fourth-order valence-corrected chi connectivity index (χ4v) is 1.50. The fraction of sp³-hybridized carbons (Fsp3) is 0.0667. The van der Waals surface area contributed by atoms with Gasteiger partial charge in [-0.05, 0) is 48.4 Å². The summed E-state index contributed by atoms with van der Waals surface area (Å²) in [7, 11) is 0. The molecule has 96 valence electrons. The van der Waals surface area contributed by atoms with E-state index < -0.39 is 0 Å². The van der Waals surface area contributed by atoms with Gasteiger partial charge in [-0.2, -0.15) is 0 Å². The molecule has 1 N–H and O–H groups in total. The van der Waals surface area contributed by atoms with Crippen molar-refractivity contribution in [3.63, 3.8) is 0 Å². The molecule has 3 nitrogen and oxygen atoms in total. The molecule has 1 heterocycles. The zero-order valence-corrected chi connectivity index (χ0v) is 10.4. The lowest BCUT2D eigenvalue weighted by Gasteiger charge is -2.03. The van der Waals surface area contributed by atoms with Gasteiger partial charge in [0.15, 0.2) is 0 Å². The summed E-state index contributed by atoms with van der Waals surface area (Å²) >= 11 is 0. The molecular weight excluding hydrogens is 243 g/mol. The number of aryl methyl sites for hydroxylation is 1. The van der Waals surface area contributed by atoms with Crippen LogP contribution in [0.2, 0.25) is 0 Å².